The summed E-state index contributed by atoms with van der Waals surface area (Å²) in [5.74, 6) is -0.589. The van der Waals surface area contributed by atoms with Gasteiger partial charge in [0.25, 0.3) is 0 Å². The van der Waals surface area contributed by atoms with E-state index in [4.69, 9.17) is 4.74 Å². The second-order valence-corrected chi connectivity index (χ2v) is 6.90. The van der Waals surface area contributed by atoms with Crippen molar-refractivity contribution in [1.82, 2.24) is 0 Å². The lowest BCUT2D eigenvalue weighted by Crippen LogP contribution is -2.44. The maximum atomic E-state index is 12.7. The lowest BCUT2D eigenvalue weighted by Gasteiger charge is -2.27. The van der Waals surface area contributed by atoms with E-state index >= 15 is 0 Å². The summed E-state index contributed by atoms with van der Waals surface area (Å²) in [6, 6.07) is 8.82. The number of rotatable bonds is 6. The lowest BCUT2D eigenvalue weighted by atomic mass is 9.89. The standard InChI is InChI=1S/C16H21BrO3/c1-11(2)10-16(17,15(19)20-12(3)4)14(18)13-8-6-5-7-9-13/h5-9,11-12H,10H2,1-4H3. The number of ketones is 1. The fraction of sp³-hybridized carbons (Fsp3) is 0.500. The summed E-state index contributed by atoms with van der Waals surface area (Å²) in [5.41, 5.74) is 0.505. The molecule has 3 nitrogen and oxygen atoms in total. The van der Waals surface area contributed by atoms with Crippen molar-refractivity contribution >= 4 is 27.7 Å². The third kappa shape index (κ3) is 4.17. The number of carbonyl (C=O) groups is 2. The molecule has 0 aliphatic rings. The molecule has 1 atom stereocenters. The summed E-state index contributed by atoms with van der Waals surface area (Å²) < 4.78 is 3.94. The van der Waals surface area contributed by atoms with Crippen molar-refractivity contribution in [2.75, 3.05) is 0 Å². The molecular weight excluding hydrogens is 320 g/mol. The summed E-state index contributed by atoms with van der Waals surface area (Å²) in [6.45, 7) is 7.48. The first-order valence-corrected chi connectivity index (χ1v) is 7.56. The van der Waals surface area contributed by atoms with Crippen LogP contribution in [0.1, 0.15) is 44.5 Å². The van der Waals surface area contributed by atoms with E-state index in [2.05, 4.69) is 15.9 Å². The molecule has 0 N–H and O–H groups in total. The fourth-order valence-corrected chi connectivity index (χ4v) is 2.93. The molecule has 4 heteroatoms. The molecule has 0 bridgehead atoms. The van der Waals surface area contributed by atoms with Crippen LogP contribution in [0.5, 0.6) is 0 Å². The highest BCUT2D eigenvalue weighted by molar-refractivity contribution is 9.10. The van der Waals surface area contributed by atoms with Crippen LogP contribution < -0.4 is 0 Å². The number of Topliss-reactive ketones (excluding diaryl/α,β-unsaturated/α-hetero) is 1. The molecule has 0 fully saturated rings. The highest BCUT2D eigenvalue weighted by atomic mass is 79.9. The minimum absolute atomic E-state index is 0.182. The van der Waals surface area contributed by atoms with Crippen LogP contribution in [-0.2, 0) is 9.53 Å². The number of hydrogen-bond donors (Lipinski definition) is 0. The lowest BCUT2D eigenvalue weighted by molar-refractivity contribution is -0.149. The predicted molar refractivity (Wildman–Crippen MR) is 83.1 cm³/mol. The molecule has 0 aliphatic heterocycles. The molecule has 20 heavy (non-hydrogen) atoms. The van der Waals surface area contributed by atoms with E-state index in [9.17, 15) is 9.59 Å². The number of hydrogen-bond acceptors (Lipinski definition) is 3. The molecule has 1 aromatic rings. The van der Waals surface area contributed by atoms with Crippen molar-refractivity contribution in [2.45, 2.75) is 44.5 Å². The van der Waals surface area contributed by atoms with Gasteiger partial charge < -0.3 is 4.74 Å². The third-order valence-electron chi connectivity index (χ3n) is 2.75. The Hall–Kier alpha value is -1.16. The van der Waals surface area contributed by atoms with Crippen LogP contribution in [0.3, 0.4) is 0 Å². The third-order valence-corrected chi connectivity index (χ3v) is 3.76. The summed E-state index contributed by atoms with van der Waals surface area (Å²) in [5, 5.41) is 0. The smallest absolute Gasteiger partial charge is 0.331 e. The van der Waals surface area contributed by atoms with Crippen molar-refractivity contribution in [3.8, 4) is 0 Å². The molecule has 110 valence electrons. The van der Waals surface area contributed by atoms with Crippen LogP contribution >= 0.6 is 15.9 Å². The van der Waals surface area contributed by atoms with Gasteiger partial charge >= 0.3 is 5.97 Å². The van der Waals surface area contributed by atoms with Crippen molar-refractivity contribution in [3.63, 3.8) is 0 Å². The molecular formula is C16H21BrO3. The van der Waals surface area contributed by atoms with Crippen molar-refractivity contribution in [1.29, 1.82) is 0 Å². The first kappa shape index (κ1) is 16.9. The largest absolute Gasteiger partial charge is 0.462 e. The van der Waals surface area contributed by atoms with Gasteiger partial charge in [0.2, 0.25) is 0 Å². The van der Waals surface area contributed by atoms with Crippen molar-refractivity contribution < 1.29 is 14.3 Å². The van der Waals surface area contributed by atoms with E-state index in [-0.39, 0.29) is 17.8 Å². The fourth-order valence-electron chi connectivity index (χ4n) is 1.96. The summed E-state index contributed by atoms with van der Waals surface area (Å²) >= 11 is 3.36. The van der Waals surface area contributed by atoms with Crippen LogP contribution in [-0.4, -0.2) is 22.2 Å². The highest BCUT2D eigenvalue weighted by Gasteiger charge is 2.45. The zero-order chi connectivity index (χ0) is 15.3. The van der Waals surface area contributed by atoms with Gasteiger partial charge in [-0.15, -0.1) is 0 Å². The van der Waals surface area contributed by atoms with Gasteiger partial charge in [0, 0.05) is 5.56 Å². The molecule has 0 aromatic heterocycles. The molecule has 1 rings (SSSR count). The predicted octanol–water partition coefficient (Wildman–Crippen LogP) is 4.00. The molecule has 0 saturated heterocycles. The van der Waals surface area contributed by atoms with E-state index < -0.39 is 10.3 Å². The number of halogens is 1. The number of ether oxygens (including phenoxy) is 1. The Morgan fingerprint density at radius 2 is 1.70 bits per heavy atom. The number of benzene rings is 1. The van der Waals surface area contributed by atoms with Gasteiger partial charge in [0.15, 0.2) is 10.1 Å². The number of esters is 1. The van der Waals surface area contributed by atoms with Gasteiger partial charge in [-0.2, -0.15) is 0 Å². The van der Waals surface area contributed by atoms with E-state index in [1.54, 1.807) is 38.1 Å². The highest BCUT2D eigenvalue weighted by Crippen LogP contribution is 2.33. The molecule has 0 radical (unpaired) electrons. The van der Waals surface area contributed by atoms with Crippen LogP contribution in [0, 0.1) is 5.92 Å². The Labute approximate surface area is 128 Å². The minimum Gasteiger partial charge on any atom is -0.462 e. The Morgan fingerprint density at radius 1 is 1.15 bits per heavy atom. The minimum atomic E-state index is -1.31. The Morgan fingerprint density at radius 3 is 2.15 bits per heavy atom. The molecule has 0 heterocycles. The van der Waals surface area contributed by atoms with Gasteiger partial charge in [-0.25, -0.2) is 0 Å². The Kier molecular flexibility index (Phi) is 5.93. The number of alkyl halides is 1. The molecule has 1 aromatic carbocycles. The topological polar surface area (TPSA) is 43.4 Å². The normalized spacial score (nSPS) is 14.2. The first-order valence-electron chi connectivity index (χ1n) is 6.77. The van der Waals surface area contributed by atoms with E-state index in [0.717, 1.165) is 0 Å². The second-order valence-electron chi connectivity index (χ2n) is 5.55. The SMILES string of the molecule is CC(C)CC(Br)(C(=O)OC(C)C)C(=O)c1ccccc1. The molecule has 0 amide bonds. The van der Waals surface area contributed by atoms with Gasteiger partial charge in [-0.3, -0.25) is 9.59 Å². The average molecular weight is 341 g/mol. The van der Waals surface area contributed by atoms with Crippen LogP contribution in [0.25, 0.3) is 0 Å². The Bertz CT molecular complexity index is 468. The van der Waals surface area contributed by atoms with Crippen LogP contribution in [0.4, 0.5) is 0 Å². The number of carbonyl (C=O) groups excluding carboxylic acids is 2. The van der Waals surface area contributed by atoms with Crippen LogP contribution in [0.15, 0.2) is 30.3 Å². The quantitative estimate of drug-likeness (QED) is 0.340. The summed E-state index contributed by atoms with van der Waals surface area (Å²) in [4.78, 5) is 25.0. The molecule has 1 unspecified atom stereocenters. The zero-order valence-corrected chi connectivity index (χ0v) is 13.9. The molecule has 0 saturated carbocycles. The van der Waals surface area contributed by atoms with Crippen molar-refractivity contribution in [2.24, 2.45) is 5.92 Å². The second kappa shape index (κ2) is 7.02. The van der Waals surface area contributed by atoms with Gasteiger partial charge in [0.05, 0.1) is 6.10 Å². The van der Waals surface area contributed by atoms with Gasteiger partial charge in [-0.05, 0) is 26.2 Å². The van der Waals surface area contributed by atoms with Crippen molar-refractivity contribution in [3.05, 3.63) is 35.9 Å². The van der Waals surface area contributed by atoms with Gasteiger partial charge in [-0.1, -0.05) is 60.1 Å². The van der Waals surface area contributed by atoms with Crippen LogP contribution in [0.2, 0.25) is 0 Å². The summed E-state index contributed by atoms with van der Waals surface area (Å²) in [6.07, 6.45) is 0.141. The maximum absolute atomic E-state index is 12.7. The van der Waals surface area contributed by atoms with E-state index in [1.807, 2.05) is 19.9 Å². The Balaban J connectivity index is 3.11. The van der Waals surface area contributed by atoms with E-state index in [0.29, 0.717) is 12.0 Å². The van der Waals surface area contributed by atoms with Gasteiger partial charge in [0.1, 0.15) is 0 Å². The zero-order valence-electron chi connectivity index (χ0n) is 12.4. The monoisotopic (exact) mass is 340 g/mol. The molecule has 0 spiro atoms. The van der Waals surface area contributed by atoms with E-state index in [1.165, 1.54) is 0 Å². The summed E-state index contributed by atoms with van der Waals surface area (Å²) in [7, 11) is 0. The molecule has 0 aliphatic carbocycles. The maximum Gasteiger partial charge on any atom is 0.331 e. The average Bonchev–Trinajstić information content (AvgIpc) is 2.37. The first-order chi connectivity index (χ1) is 9.27.